The summed E-state index contributed by atoms with van der Waals surface area (Å²) < 4.78 is 5.57. The fourth-order valence-corrected chi connectivity index (χ4v) is 4.71. The number of amides is 2. The summed E-state index contributed by atoms with van der Waals surface area (Å²) in [6.07, 6.45) is 2.88. The summed E-state index contributed by atoms with van der Waals surface area (Å²) in [5.41, 5.74) is 3.29. The van der Waals surface area contributed by atoms with Crippen molar-refractivity contribution in [1.82, 2.24) is 10.6 Å². The van der Waals surface area contributed by atoms with Crippen LogP contribution in [0.3, 0.4) is 0 Å². The highest BCUT2D eigenvalue weighted by Crippen LogP contribution is 2.44. The first-order chi connectivity index (χ1) is 15.9. The molecule has 4 rings (SSSR count). The summed E-state index contributed by atoms with van der Waals surface area (Å²) in [5.74, 6) is -1.58. The van der Waals surface area contributed by atoms with Gasteiger partial charge in [-0.25, -0.2) is 9.59 Å². The Bertz CT molecular complexity index is 1000. The van der Waals surface area contributed by atoms with Crippen molar-refractivity contribution in [2.75, 3.05) is 6.61 Å². The van der Waals surface area contributed by atoms with Crippen LogP contribution in [-0.4, -0.2) is 41.3 Å². The molecule has 2 aromatic carbocycles. The predicted molar refractivity (Wildman–Crippen MR) is 124 cm³/mol. The Morgan fingerprint density at radius 3 is 2.18 bits per heavy atom. The van der Waals surface area contributed by atoms with Crippen molar-refractivity contribution in [3.05, 3.63) is 59.7 Å². The highest BCUT2D eigenvalue weighted by Gasteiger charge is 2.46. The average Bonchev–Trinajstić information content (AvgIpc) is 3.11. The van der Waals surface area contributed by atoms with Crippen LogP contribution in [0, 0.1) is 0 Å². The highest BCUT2D eigenvalue weighted by atomic mass is 16.5. The first-order valence-electron chi connectivity index (χ1n) is 11.6. The molecule has 0 spiro atoms. The van der Waals surface area contributed by atoms with Gasteiger partial charge in [0.2, 0.25) is 5.91 Å². The number of rotatable bonds is 9. The molecule has 1 saturated carbocycles. The Kier molecular flexibility index (Phi) is 6.67. The molecule has 1 atom stereocenters. The number of ether oxygens (including phenoxy) is 1. The van der Waals surface area contributed by atoms with Crippen molar-refractivity contribution >= 4 is 18.0 Å². The first-order valence-corrected chi connectivity index (χ1v) is 11.6. The van der Waals surface area contributed by atoms with Crippen LogP contribution in [0.5, 0.6) is 0 Å². The second-order valence-corrected chi connectivity index (χ2v) is 8.89. The van der Waals surface area contributed by atoms with E-state index in [1.807, 2.05) is 43.3 Å². The Labute approximate surface area is 193 Å². The number of carboxylic acids is 1. The summed E-state index contributed by atoms with van der Waals surface area (Å²) in [4.78, 5) is 37.1. The first kappa shape index (κ1) is 22.8. The lowest BCUT2D eigenvalue weighted by molar-refractivity contribution is -0.152. The standard InChI is InChI=1S/C26H30N2O5/c1-2-3-13-22(23(29)28-26(24(30)31)14-8-15-26)27-25(32)33-16-21-19-11-6-4-9-17(19)18-10-5-7-12-20(18)21/h4-7,9-12,21-22H,2-3,8,13-16H2,1H3,(H,27,32)(H,28,29)(H,30,31). The fourth-order valence-electron chi connectivity index (χ4n) is 4.71. The molecular weight excluding hydrogens is 420 g/mol. The van der Waals surface area contributed by atoms with E-state index in [2.05, 4.69) is 22.8 Å². The van der Waals surface area contributed by atoms with Gasteiger partial charge in [-0.15, -0.1) is 0 Å². The zero-order chi connectivity index (χ0) is 23.4. The quantitative estimate of drug-likeness (QED) is 0.531. The van der Waals surface area contributed by atoms with Gasteiger partial charge in [-0.05, 0) is 47.9 Å². The molecule has 2 aliphatic carbocycles. The van der Waals surface area contributed by atoms with E-state index in [4.69, 9.17) is 4.74 Å². The number of carbonyl (C=O) groups is 3. The van der Waals surface area contributed by atoms with E-state index in [1.54, 1.807) is 0 Å². The lowest BCUT2D eigenvalue weighted by Gasteiger charge is -2.39. The molecule has 2 aromatic rings. The number of hydrogen-bond acceptors (Lipinski definition) is 4. The van der Waals surface area contributed by atoms with Crippen molar-refractivity contribution < 1.29 is 24.2 Å². The average molecular weight is 451 g/mol. The Morgan fingerprint density at radius 2 is 1.67 bits per heavy atom. The summed E-state index contributed by atoms with van der Waals surface area (Å²) >= 11 is 0. The molecule has 0 radical (unpaired) electrons. The molecule has 2 aliphatic rings. The maximum atomic E-state index is 12.8. The third-order valence-electron chi connectivity index (χ3n) is 6.78. The van der Waals surface area contributed by atoms with Crippen molar-refractivity contribution in [1.29, 1.82) is 0 Å². The van der Waals surface area contributed by atoms with Crippen molar-refractivity contribution in [2.24, 2.45) is 0 Å². The number of carboxylic acid groups (broad SMARTS) is 1. The molecule has 1 fully saturated rings. The maximum absolute atomic E-state index is 12.8. The monoisotopic (exact) mass is 450 g/mol. The van der Waals surface area contributed by atoms with Crippen LogP contribution in [0.25, 0.3) is 11.1 Å². The molecule has 7 nitrogen and oxygen atoms in total. The number of alkyl carbamates (subject to hydrolysis) is 1. The van der Waals surface area contributed by atoms with E-state index in [0.29, 0.717) is 19.3 Å². The molecule has 0 bridgehead atoms. The third-order valence-corrected chi connectivity index (χ3v) is 6.78. The zero-order valence-corrected chi connectivity index (χ0v) is 18.8. The highest BCUT2D eigenvalue weighted by molar-refractivity contribution is 5.91. The minimum Gasteiger partial charge on any atom is -0.480 e. The molecule has 0 saturated heterocycles. The van der Waals surface area contributed by atoms with Gasteiger partial charge in [0.15, 0.2) is 0 Å². The van der Waals surface area contributed by atoms with E-state index < -0.39 is 29.6 Å². The molecule has 7 heteroatoms. The number of hydrogen-bond donors (Lipinski definition) is 3. The van der Waals surface area contributed by atoms with Gasteiger partial charge in [0.05, 0.1) is 0 Å². The molecule has 33 heavy (non-hydrogen) atoms. The van der Waals surface area contributed by atoms with E-state index in [0.717, 1.165) is 41.5 Å². The predicted octanol–water partition coefficient (Wildman–Crippen LogP) is 4.21. The van der Waals surface area contributed by atoms with Crippen LogP contribution in [0.2, 0.25) is 0 Å². The van der Waals surface area contributed by atoms with E-state index in [-0.39, 0.29) is 12.5 Å². The number of aliphatic carboxylic acids is 1. The van der Waals surface area contributed by atoms with Crippen molar-refractivity contribution in [3.63, 3.8) is 0 Å². The molecule has 0 aromatic heterocycles. The summed E-state index contributed by atoms with van der Waals surface area (Å²) in [5, 5.41) is 14.8. The molecular formula is C26H30N2O5. The molecule has 0 heterocycles. The van der Waals surface area contributed by atoms with Gasteiger partial charge < -0.3 is 20.5 Å². The van der Waals surface area contributed by atoms with Crippen LogP contribution in [-0.2, 0) is 14.3 Å². The lowest BCUT2D eigenvalue weighted by atomic mass is 9.76. The summed E-state index contributed by atoms with van der Waals surface area (Å²) in [7, 11) is 0. The van der Waals surface area contributed by atoms with Gasteiger partial charge in [0.1, 0.15) is 18.2 Å². The Balaban J connectivity index is 1.41. The Hall–Kier alpha value is -3.35. The van der Waals surface area contributed by atoms with Gasteiger partial charge in [-0.1, -0.05) is 68.3 Å². The number of benzene rings is 2. The number of carbonyl (C=O) groups excluding carboxylic acids is 2. The SMILES string of the molecule is CCCCC(NC(=O)OCC1c2ccccc2-c2ccccc21)C(=O)NC1(C(=O)O)CCC1. The van der Waals surface area contributed by atoms with Crippen molar-refractivity contribution in [2.45, 2.75) is 62.9 Å². The van der Waals surface area contributed by atoms with Gasteiger partial charge >= 0.3 is 12.1 Å². The fraction of sp³-hybridized carbons (Fsp3) is 0.423. The number of nitrogens with one attached hydrogen (secondary N) is 2. The van der Waals surface area contributed by atoms with Gasteiger partial charge in [-0.2, -0.15) is 0 Å². The second kappa shape index (κ2) is 9.65. The normalized spacial score (nSPS) is 16.6. The summed E-state index contributed by atoms with van der Waals surface area (Å²) in [6, 6.07) is 15.3. The minimum atomic E-state index is -1.22. The van der Waals surface area contributed by atoms with Crippen LogP contribution in [0.1, 0.15) is 62.5 Å². The molecule has 1 unspecified atom stereocenters. The maximum Gasteiger partial charge on any atom is 0.407 e. The van der Waals surface area contributed by atoms with E-state index in [1.165, 1.54) is 0 Å². The molecule has 174 valence electrons. The molecule has 3 N–H and O–H groups in total. The summed E-state index contributed by atoms with van der Waals surface area (Å²) in [6.45, 7) is 2.15. The third kappa shape index (κ3) is 4.58. The lowest BCUT2D eigenvalue weighted by Crippen LogP contribution is -2.62. The van der Waals surface area contributed by atoms with E-state index >= 15 is 0 Å². The smallest absolute Gasteiger partial charge is 0.407 e. The largest absolute Gasteiger partial charge is 0.480 e. The second-order valence-electron chi connectivity index (χ2n) is 8.89. The zero-order valence-electron chi connectivity index (χ0n) is 18.8. The number of fused-ring (bicyclic) bond motifs is 3. The van der Waals surface area contributed by atoms with Crippen LogP contribution in [0.4, 0.5) is 4.79 Å². The van der Waals surface area contributed by atoms with Crippen LogP contribution < -0.4 is 10.6 Å². The van der Waals surface area contributed by atoms with Crippen LogP contribution >= 0.6 is 0 Å². The Morgan fingerprint density at radius 1 is 1.06 bits per heavy atom. The molecule has 0 aliphatic heterocycles. The van der Waals surface area contributed by atoms with Gasteiger partial charge in [0, 0.05) is 5.92 Å². The van der Waals surface area contributed by atoms with Crippen molar-refractivity contribution in [3.8, 4) is 11.1 Å². The number of unbranched alkanes of at least 4 members (excludes halogenated alkanes) is 1. The van der Waals surface area contributed by atoms with Crippen LogP contribution in [0.15, 0.2) is 48.5 Å². The van der Waals surface area contributed by atoms with Gasteiger partial charge in [0.25, 0.3) is 0 Å². The molecule has 2 amide bonds. The minimum absolute atomic E-state index is 0.0728. The van der Waals surface area contributed by atoms with E-state index in [9.17, 15) is 19.5 Å². The topological polar surface area (TPSA) is 105 Å². The van der Waals surface area contributed by atoms with Gasteiger partial charge in [-0.3, -0.25) is 4.79 Å².